The van der Waals surface area contributed by atoms with E-state index in [0.717, 1.165) is 5.56 Å². The van der Waals surface area contributed by atoms with E-state index in [1.807, 2.05) is 0 Å². The van der Waals surface area contributed by atoms with Crippen molar-refractivity contribution in [3.8, 4) is 17.2 Å². The number of likely N-dealkylation sites (N-methyl/N-ethyl adjacent to an activating group) is 1. The highest BCUT2D eigenvalue weighted by molar-refractivity contribution is 7.87. The fraction of sp³-hybridized carbons (Fsp3) is 0.278. The molecule has 0 aromatic heterocycles. The summed E-state index contributed by atoms with van der Waals surface area (Å²) in [5.74, 6) is 6.50. The summed E-state index contributed by atoms with van der Waals surface area (Å²) < 4.78 is 41.3. The summed E-state index contributed by atoms with van der Waals surface area (Å²) in [7, 11) is -1.13. The van der Waals surface area contributed by atoms with E-state index >= 15 is 0 Å². The lowest BCUT2D eigenvalue weighted by Gasteiger charge is -2.20. The first-order chi connectivity index (χ1) is 13.1. The highest BCUT2D eigenvalue weighted by Gasteiger charge is 2.23. The molecule has 0 aliphatic heterocycles. The van der Waals surface area contributed by atoms with Gasteiger partial charge in [0.15, 0.2) is 6.54 Å². The Balaban J connectivity index is 2.23. The zero-order chi connectivity index (χ0) is 20.9. The summed E-state index contributed by atoms with van der Waals surface area (Å²) in [6.45, 7) is 5.84. The van der Waals surface area contributed by atoms with Crippen molar-refractivity contribution in [1.29, 1.82) is 0 Å². The fourth-order valence-corrected chi connectivity index (χ4v) is 3.63. The second kappa shape index (κ2) is 8.78. The molecule has 1 atom stereocenters. The van der Waals surface area contributed by atoms with Crippen molar-refractivity contribution in [2.75, 3.05) is 27.3 Å². The molecular weight excluding hydrogens is 406 g/mol. The minimum atomic E-state index is -4.17. The second-order valence-corrected chi connectivity index (χ2v) is 8.19. The highest BCUT2D eigenvalue weighted by atomic mass is 35.5. The molecule has 2 rings (SSSR count). The van der Waals surface area contributed by atoms with Gasteiger partial charge in [0.1, 0.15) is 35.8 Å². The Bertz CT molecular complexity index is 964. The van der Waals surface area contributed by atoms with Crippen LogP contribution < -0.4 is 19.5 Å². The van der Waals surface area contributed by atoms with Gasteiger partial charge in [-0.1, -0.05) is 16.7 Å². The third-order valence-corrected chi connectivity index (χ3v) is 5.27. The van der Waals surface area contributed by atoms with Gasteiger partial charge in [0.2, 0.25) is 0 Å². The molecule has 28 heavy (non-hydrogen) atoms. The summed E-state index contributed by atoms with van der Waals surface area (Å²) in [6, 6.07) is 9.06. The van der Waals surface area contributed by atoms with Gasteiger partial charge in [0.05, 0.1) is 7.11 Å². The monoisotopic (exact) mass is 428 g/mol. The van der Waals surface area contributed by atoms with Crippen molar-refractivity contribution < 1.29 is 26.8 Å². The Morgan fingerprint density at radius 2 is 1.89 bits per heavy atom. The number of nitrogens with two attached hydrogens (primary N) is 1. The van der Waals surface area contributed by atoms with Crippen LogP contribution in [0.5, 0.6) is 17.2 Å². The summed E-state index contributed by atoms with van der Waals surface area (Å²) in [5, 5.41) is 4.00. The number of quaternary nitrogens is 1. The molecule has 0 bridgehead atoms. The van der Waals surface area contributed by atoms with Crippen LogP contribution in [0, 0.1) is 6.92 Å². The van der Waals surface area contributed by atoms with Crippen LogP contribution in [0.3, 0.4) is 0 Å². The molecule has 0 spiro atoms. The lowest BCUT2D eigenvalue weighted by molar-refractivity contribution is -0.927. The highest BCUT2D eigenvalue weighted by Crippen LogP contribution is 2.31. The van der Waals surface area contributed by atoms with Gasteiger partial charge in [-0.15, -0.1) is 4.70 Å². The van der Waals surface area contributed by atoms with E-state index in [0.29, 0.717) is 12.3 Å². The quantitative estimate of drug-likeness (QED) is 0.217. The molecule has 0 fully saturated rings. The minimum absolute atomic E-state index is 0.101. The van der Waals surface area contributed by atoms with Gasteiger partial charge < -0.3 is 13.7 Å². The van der Waals surface area contributed by atoms with Gasteiger partial charge in [-0.05, 0) is 42.8 Å². The number of hydrogen-bond donors (Lipinski definition) is 1. The van der Waals surface area contributed by atoms with Crippen molar-refractivity contribution in [1.82, 2.24) is 0 Å². The number of nitrogens with zero attached hydrogens (tertiary/aromatic N) is 2. The van der Waals surface area contributed by atoms with E-state index in [1.165, 1.54) is 31.4 Å². The number of rotatable bonds is 9. The van der Waals surface area contributed by atoms with Crippen molar-refractivity contribution in [2.24, 2.45) is 10.9 Å². The molecule has 2 aromatic carbocycles. The van der Waals surface area contributed by atoms with Crippen LogP contribution in [0.2, 0.25) is 5.02 Å². The van der Waals surface area contributed by atoms with Crippen molar-refractivity contribution >= 4 is 28.4 Å². The van der Waals surface area contributed by atoms with E-state index in [1.54, 1.807) is 26.1 Å². The zero-order valence-corrected chi connectivity index (χ0v) is 17.5. The maximum atomic E-state index is 12.7. The summed E-state index contributed by atoms with van der Waals surface area (Å²) >= 11 is 5.92. The van der Waals surface area contributed by atoms with E-state index in [4.69, 9.17) is 31.1 Å². The molecule has 10 heteroatoms. The maximum absolute atomic E-state index is 12.7. The molecule has 8 nitrogen and oxygen atoms in total. The van der Waals surface area contributed by atoms with Gasteiger partial charge in [0.25, 0.3) is 0 Å². The van der Waals surface area contributed by atoms with Gasteiger partial charge in [-0.3, -0.25) is 0 Å². The topological polar surface area (TPSA) is 100 Å². The van der Waals surface area contributed by atoms with Crippen LogP contribution in [-0.2, 0) is 10.1 Å². The van der Waals surface area contributed by atoms with Crippen molar-refractivity contribution in [3.63, 3.8) is 0 Å². The number of benzene rings is 2. The van der Waals surface area contributed by atoms with Crippen LogP contribution in [0.1, 0.15) is 5.56 Å². The molecule has 2 aromatic rings. The van der Waals surface area contributed by atoms with Crippen LogP contribution >= 0.6 is 11.6 Å². The van der Waals surface area contributed by atoms with Crippen molar-refractivity contribution in [3.05, 3.63) is 47.0 Å². The first kappa shape index (κ1) is 22.0. The lowest BCUT2D eigenvalue weighted by Crippen LogP contribution is -2.47. The zero-order valence-electron chi connectivity index (χ0n) is 15.9. The van der Waals surface area contributed by atoms with Crippen LogP contribution in [0.25, 0.3) is 0 Å². The molecule has 152 valence electrons. The molecule has 2 N–H and O–H groups in total. The number of methoxy groups -OCH3 is 1. The number of aryl methyl sites for hydroxylation is 1. The molecule has 0 saturated carbocycles. The van der Waals surface area contributed by atoms with E-state index < -0.39 is 10.1 Å². The third-order valence-electron chi connectivity index (χ3n) is 3.76. The normalized spacial score (nSPS) is 13.5. The fourth-order valence-electron chi connectivity index (χ4n) is 2.28. The first-order valence-corrected chi connectivity index (χ1v) is 10.00. The predicted octanol–water partition coefficient (Wildman–Crippen LogP) is 2.74. The Kier molecular flexibility index (Phi) is 6.89. The Morgan fingerprint density at radius 1 is 1.21 bits per heavy atom. The van der Waals surface area contributed by atoms with Gasteiger partial charge in [-0.25, -0.2) is 0 Å². The molecule has 0 heterocycles. The molecule has 1 unspecified atom stereocenters. The Hall–Kier alpha value is -2.33. The van der Waals surface area contributed by atoms with Crippen LogP contribution in [0.4, 0.5) is 0 Å². The van der Waals surface area contributed by atoms with E-state index in [2.05, 4.69) is 11.8 Å². The molecule has 0 aliphatic rings. The minimum Gasteiger partial charge on any atom is -0.495 e. The van der Waals surface area contributed by atoms with Gasteiger partial charge >= 0.3 is 10.1 Å². The molecular formula is C18H23ClN3O5S+. The average Bonchev–Trinajstić information content (AvgIpc) is 2.60. The Morgan fingerprint density at radius 3 is 2.54 bits per heavy atom. The van der Waals surface area contributed by atoms with Crippen LogP contribution in [-0.4, -0.2) is 47.1 Å². The van der Waals surface area contributed by atoms with E-state index in [-0.39, 0.29) is 32.7 Å². The summed E-state index contributed by atoms with van der Waals surface area (Å²) in [6.07, 6.45) is 0. The SMILES string of the molecule is C=N[N+](C)(N)CCOc1cc(C)cc(OS(=O)(=O)c2cc(Cl)ccc2OC)c1. The molecule has 0 saturated heterocycles. The van der Waals surface area contributed by atoms with Gasteiger partial charge in [-0.2, -0.15) is 14.3 Å². The second-order valence-electron chi connectivity index (χ2n) is 6.24. The molecule has 0 amide bonds. The molecule has 0 radical (unpaired) electrons. The largest absolute Gasteiger partial charge is 0.495 e. The summed E-state index contributed by atoms with van der Waals surface area (Å²) in [5.41, 5.74) is 0.757. The van der Waals surface area contributed by atoms with Crippen LogP contribution in [0.15, 0.2) is 46.4 Å². The third kappa shape index (κ3) is 5.83. The van der Waals surface area contributed by atoms with Crippen molar-refractivity contribution in [2.45, 2.75) is 11.8 Å². The number of hydrogen-bond acceptors (Lipinski definition) is 7. The first-order valence-electron chi connectivity index (χ1n) is 8.21. The number of ether oxygens (including phenoxy) is 2. The lowest BCUT2D eigenvalue weighted by atomic mass is 10.2. The predicted molar refractivity (Wildman–Crippen MR) is 107 cm³/mol. The van der Waals surface area contributed by atoms with Gasteiger partial charge in [0, 0.05) is 17.8 Å². The number of halogens is 1. The average molecular weight is 429 g/mol. The maximum Gasteiger partial charge on any atom is 0.342 e. The smallest absolute Gasteiger partial charge is 0.342 e. The summed E-state index contributed by atoms with van der Waals surface area (Å²) in [4.78, 5) is -0.167. The molecule has 0 aliphatic carbocycles. The van der Waals surface area contributed by atoms with E-state index in [9.17, 15) is 8.42 Å². The Labute approximate surface area is 169 Å². The standard InChI is InChI=1S/C18H23ClN3O5S/c1-13-9-15(26-8-7-22(3,20)21-2)12-16(10-13)27-28(23,24)18-11-14(19)5-6-17(18)25-4/h5-6,9-12H,2,7-8,20H2,1,3-4H3/q+1.